The third-order valence-corrected chi connectivity index (χ3v) is 13.5. The van der Waals surface area contributed by atoms with Crippen molar-refractivity contribution in [3.05, 3.63) is 0 Å². The van der Waals surface area contributed by atoms with E-state index < -0.39 is 0 Å². The summed E-state index contributed by atoms with van der Waals surface area (Å²) in [6.07, 6.45) is 11.2. The lowest BCUT2D eigenvalue weighted by molar-refractivity contribution is -0.198. The standard InChI is InChI=1S/C30H48O4/c1-18-14-26(5,17-33-19(2)31)34-20-15-28(7)22-9-8-21-25(3,4)23(32)10-11-29(21)16-30(22,29)13-12-27(28,6)24(18)20/h18,20-24,32H,8-17H2,1-7H3/t18-,20?,21?,22?,23?,24?,26?,27?,28+,29?,30?/m1/s1. The van der Waals surface area contributed by atoms with Crippen LogP contribution < -0.4 is 0 Å². The highest BCUT2D eigenvalue weighted by molar-refractivity contribution is 5.65. The van der Waals surface area contributed by atoms with Crippen molar-refractivity contribution in [2.24, 2.45) is 50.7 Å². The Bertz CT molecular complexity index is 898. The molecule has 4 nitrogen and oxygen atoms in total. The van der Waals surface area contributed by atoms with Crippen LogP contribution in [0.2, 0.25) is 0 Å². The molecule has 192 valence electrons. The van der Waals surface area contributed by atoms with Crippen molar-refractivity contribution >= 4 is 5.97 Å². The van der Waals surface area contributed by atoms with Gasteiger partial charge >= 0.3 is 5.97 Å². The lowest BCUT2D eigenvalue weighted by Gasteiger charge is -2.63. The number of esters is 1. The Kier molecular flexibility index (Phi) is 4.77. The number of ether oxygens (including phenoxy) is 2. The molecule has 0 aromatic rings. The van der Waals surface area contributed by atoms with Gasteiger partial charge in [0.05, 0.1) is 12.2 Å². The molecular weight excluding hydrogens is 424 g/mol. The Labute approximate surface area is 206 Å². The van der Waals surface area contributed by atoms with Crippen molar-refractivity contribution in [2.45, 2.75) is 124 Å². The molecule has 1 saturated heterocycles. The van der Waals surface area contributed by atoms with Crippen LogP contribution in [0.15, 0.2) is 0 Å². The number of carbonyl (C=O) groups is 1. The molecule has 1 aliphatic heterocycles. The number of rotatable bonds is 2. The third kappa shape index (κ3) is 2.66. The molecule has 1 heterocycles. The first-order valence-corrected chi connectivity index (χ1v) is 14.2. The molecule has 0 radical (unpaired) electrons. The van der Waals surface area contributed by atoms with E-state index in [0.717, 1.165) is 25.2 Å². The van der Waals surface area contributed by atoms with E-state index in [2.05, 4.69) is 41.5 Å². The predicted octanol–water partition coefficient (Wildman–Crippen LogP) is 6.14. The van der Waals surface area contributed by atoms with Gasteiger partial charge in [-0.05, 0) is 115 Å². The molecule has 0 aromatic carbocycles. The summed E-state index contributed by atoms with van der Waals surface area (Å²) < 4.78 is 12.4. The second-order valence-electron chi connectivity index (χ2n) is 15.2. The van der Waals surface area contributed by atoms with E-state index in [1.807, 2.05) is 0 Å². The van der Waals surface area contributed by atoms with Gasteiger partial charge in [-0.2, -0.15) is 0 Å². The van der Waals surface area contributed by atoms with Gasteiger partial charge in [0, 0.05) is 6.92 Å². The molecule has 6 fully saturated rings. The van der Waals surface area contributed by atoms with E-state index in [1.54, 1.807) is 0 Å². The molecule has 11 atom stereocenters. The first-order valence-electron chi connectivity index (χ1n) is 14.2. The third-order valence-electron chi connectivity index (χ3n) is 13.5. The van der Waals surface area contributed by atoms with Gasteiger partial charge in [0.25, 0.3) is 0 Å². The summed E-state index contributed by atoms with van der Waals surface area (Å²) in [7, 11) is 0. The van der Waals surface area contributed by atoms with E-state index in [0.29, 0.717) is 46.0 Å². The summed E-state index contributed by atoms with van der Waals surface area (Å²) in [6, 6.07) is 0. The van der Waals surface area contributed by atoms with Crippen molar-refractivity contribution in [1.82, 2.24) is 0 Å². The van der Waals surface area contributed by atoms with Gasteiger partial charge < -0.3 is 14.6 Å². The molecule has 6 aliphatic rings. The Morgan fingerprint density at radius 3 is 2.32 bits per heavy atom. The zero-order valence-corrected chi connectivity index (χ0v) is 22.7. The highest BCUT2D eigenvalue weighted by atomic mass is 16.6. The highest BCUT2D eigenvalue weighted by Crippen LogP contribution is 2.89. The second-order valence-corrected chi connectivity index (χ2v) is 15.2. The van der Waals surface area contributed by atoms with Gasteiger partial charge in [-0.1, -0.05) is 34.6 Å². The quantitative estimate of drug-likeness (QED) is 0.490. The van der Waals surface area contributed by atoms with Gasteiger partial charge in [0.1, 0.15) is 12.2 Å². The van der Waals surface area contributed by atoms with Crippen LogP contribution in [0.3, 0.4) is 0 Å². The van der Waals surface area contributed by atoms with Gasteiger partial charge in [-0.3, -0.25) is 4.79 Å². The Morgan fingerprint density at radius 1 is 0.941 bits per heavy atom. The van der Waals surface area contributed by atoms with Crippen LogP contribution >= 0.6 is 0 Å². The Balaban J connectivity index is 1.32. The molecule has 5 saturated carbocycles. The largest absolute Gasteiger partial charge is 0.463 e. The van der Waals surface area contributed by atoms with Crippen molar-refractivity contribution < 1.29 is 19.4 Å². The van der Waals surface area contributed by atoms with Gasteiger partial charge in [-0.15, -0.1) is 0 Å². The molecule has 0 amide bonds. The van der Waals surface area contributed by atoms with Crippen LogP contribution in [0.1, 0.15) is 106 Å². The van der Waals surface area contributed by atoms with E-state index in [9.17, 15) is 9.90 Å². The van der Waals surface area contributed by atoms with Crippen LogP contribution in [0.25, 0.3) is 0 Å². The highest BCUT2D eigenvalue weighted by Gasteiger charge is 2.83. The molecule has 1 N–H and O–H groups in total. The molecule has 4 heteroatoms. The van der Waals surface area contributed by atoms with Gasteiger partial charge in [0.15, 0.2) is 0 Å². The minimum absolute atomic E-state index is 0.0498. The lowest BCUT2D eigenvalue weighted by Crippen LogP contribution is -2.58. The van der Waals surface area contributed by atoms with Gasteiger partial charge in [0.2, 0.25) is 0 Å². The summed E-state index contributed by atoms with van der Waals surface area (Å²) in [5.74, 6) is 2.42. The molecule has 34 heavy (non-hydrogen) atoms. The van der Waals surface area contributed by atoms with E-state index in [-0.39, 0.29) is 29.2 Å². The molecule has 2 spiro atoms. The van der Waals surface area contributed by atoms with E-state index >= 15 is 0 Å². The summed E-state index contributed by atoms with van der Waals surface area (Å²) in [5.41, 5.74) is 1.28. The monoisotopic (exact) mass is 472 g/mol. The number of aliphatic hydroxyl groups excluding tert-OH is 1. The Morgan fingerprint density at radius 2 is 1.62 bits per heavy atom. The number of aliphatic hydroxyl groups is 1. The smallest absolute Gasteiger partial charge is 0.302 e. The fourth-order valence-electron chi connectivity index (χ4n) is 12.1. The van der Waals surface area contributed by atoms with Crippen LogP contribution in [-0.4, -0.2) is 35.5 Å². The zero-order chi connectivity index (χ0) is 24.5. The van der Waals surface area contributed by atoms with E-state index in [4.69, 9.17) is 9.47 Å². The summed E-state index contributed by atoms with van der Waals surface area (Å²) in [6.45, 7) is 16.4. The molecule has 5 aliphatic carbocycles. The molecular formula is C30H48O4. The lowest BCUT2D eigenvalue weighted by atomic mass is 9.41. The molecule has 0 aromatic heterocycles. The number of hydrogen-bond acceptors (Lipinski definition) is 4. The number of fused-ring (bicyclic) bond motifs is 4. The summed E-state index contributed by atoms with van der Waals surface area (Å²) in [4.78, 5) is 11.5. The maximum absolute atomic E-state index is 11.5. The molecule has 0 bridgehead atoms. The normalized spacial score (nSPS) is 59.1. The first-order chi connectivity index (χ1) is 15.7. The fourth-order valence-corrected chi connectivity index (χ4v) is 12.1. The first kappa shape index (κ1) is 23.8. The van der Waals surface area contributed by atoms with Gasteiger partial charge in [-0.25, -0.2) is 0 Å². The Hall–Kier alpha value is -0.610. The SMILES string of the molecule is CC(=O)OCC1(C)C[C@@H](C)C2C(C[C@@]3(C)C4CCC5C(C)(C)C(O)CCC56CC46CCC23C)O1. The second kappa shape index (κ2) is 6.82. The van der Waals surface area contributed by atoms with E-state index in [1.165, 1.54) is 45.4 Å². The van der Waals surface area contributed by atoms with Crippen molar-refractivity contribution in [1.29, 1.82) is 0 Å². The average molecular weight is 473 g/mol. The molecule has 6 rings (SSSR count). The topological polar surface area (TPSA) is 55.8 Å². The van der Waals surface area contributed by atoms with Crippen LogP contribution in [0.4, 0.5) is 0 Å². The maximum atomic E-state index is 11.5. The van der Waals surface area contributed by atoms with Crippen molar-refractivity contribution in [3.63, 3.8) is 0 Å². The molecule has 9 unspecified atom stereocenters. The average Bonchev–Trinajstić information content (AvgIpc) is 3.34. The van der Waals surface area contributed by atoms with Crippen molar-refractivity contribution in [2.75, 3.05) is 6.61 Å². The van der Waals surface area contributed by atoms with Crippen LogP contribution in [-0.2, 0) is 14.3 Å². The van der Waals surface area contributed by atoms with Crippen LogP contribution in [0.5, 0.6) is 0 Å². The number of hydrogen-bond donors (Lipinski definition) is 1. The van der Waals surface area contributed by atoms with Crippen LogP contribution in [0, 0.1) is 50.7 Å². The fraction of sp³-hybridized carbons (Fsp3) is 0.967. The summed E-state index contributed by atoms with van der Waals surface area (Å²) >= 11 is 0. The number of carbonyl (C=O) groups excluding carboxylic acids is 1. The maximum Gasteiger partial charge on any atom is 0.302 e. The van der Waals surface area contributed by atoms with Crippen molar-refractivity contribution in [3.8, 4) is 0 Å². The minimum atomic E-state index is -0.369. The summed E-state index contributed by atoms with van der Waals surface area (Å²) in [5, 5.41) is 10.9. The minimum Gasteiger partial charge on any atom is -0.463 e. The predicted molar refractivity (Wildman–Crippen MR) is 132 cm³/mol. The zero-order valence-electron chi connectivity index (χ0n) is 22.7.